The third kappa shape index (κ3) is 3.21. The zero-order valence-corrected chi connectivity index (χ0v) is 11.8. The highest BCUT2D eigenvalue weighted by Crippen LogP contribution is 2.25. The Morgan fingerprint density at radius 1 is 1.45 bits per heavy atom. The van der Waals surface area contributed by atoms with Gasteiger partial charge in [0.1, 0.15) is 12.1 Å². The molecule has 7 heteroatoms. The van der Waals surface area contributed by atoms with Crippen molar-refractivity contribution in [2.24, 2.45) is 0 Å². The molecule has 1 aliphatic rings. The van der Waals surface area contributed by atoms with Crippen molar-refractivity contribution in [3.63, 3.8) is 0 Å². The monoisotopic (exact) mass is 311 g/mol. The Hall–Kier alpha value is -1.77. The van der Waals surface area contributed by atoms with Crippen molar-refractivity contribution in [3.05, 3.63) is 33.8 Å². The Bertz CT molecular complexity index is 598. The van der Waals surface area contributed by atoms with Crippen LogP contribution in [0.1, 0.15) is 24.4 Å². The highest BCUT2D eigenvalue weighted by molar-refractivity contribution is 6.42. The summed E-state index contributed by atoms with van der Waals surface area (Å²) in [5, 5.41) is 15.0. The van der Waals surface area contributed by atoms with Crippen molar-refractivity contribution in [2.75, 3.05) is 0 Å². The molecular weight excluding hydrogens is 301 g/mol. The van der Waals surface area contributed by atoms with Gasteiger partial charge >= 0.3 is 0 Å². The molecular formula is C13H11Cl2N3O2. The summed E-state index contributed by atoms with van der Waals surface area (Å²) in [6.07, 6.45) is 0.756. The number of amides is 2. The summed E-state index contributed by atoms with van der Waals surface area (Å²) >= 11 is 11.7. The minimum atomic E-state index is -0.838. The fraction of sp³-hybridized carbons (Fsp3) is 0.308. The molecule has 0 aromatic heterocycles. The zero-order valence-electron chi connectivity index (χ0n) is 10.3. The molecule has 0 bridgehead atoms. The molecule has 1 fully saturated rings. The first-order valence-electron chi connectivity index (χ1n) is 5.95. The number of carbonyl (C=O) groups excluding carboxylic acids is 2. The number of hydrogen-bond acceptors (Lipinski definition) is 3. The first-order chi connectivity index (χ1) is 9.51. The van der Waals surface area contributed by atoms with Crippen molar-refractivity contribution in [3.8, 4) is 6.07 Å². The lowest BCUT2D eigenvalue weighted by molar-refractivity contribution is -0.126. The van der Waals surface area contributed by atoms with Crippen LogP contribution in [-0.2, 0) is 9.59 Å². The molecule has 0 aliphatic carbocycles. The fourth-order valence-electron chi connectivity index (χ4n) is 1.94. The first-order valence-corrected chi connectivity index (χ1v) is 6.71. The Morgan fingerprint density at radius 2 is 2.20 bits per heavy atom. The maximum absolute atomic E-state index is 11.9. The second kappa shape index (κ2) is 6.12. The van der Waals surface area contributed by atoms with Crippen LogP contribution < -0.4 is 10.6 Å². The van der Waals surface area contributed by atoms with E-state index in [9.17, 15) is 9.59 Å². The van der Waals surface area contributed by atoms with Gasteiger partial charge in [-0.25, -0.2) is 0 Å². The molecule has 104 valence electrons. The van der Waals surface area contributed by atoms with Gasteiger partial charge in [-0.1, -0.05) is 29.3 Å². The summed E-state index contributed by atoms with van der Waals surface area (Å²) < 4.78 is 0. The largest absolute Gasteiger partial charge is 0.344 e. The predicted molar refractivity (Wildman–Crippen MR) is 74.1 cm³/mol. The van der Waals surface area contributed by atoms with Crippen LogP contribution in [0.25, 0.3) is 0 Å². The Labute approximate surface area is 125 Å². The highest BCUT2D eigenvalue weighted by Gasteiger charge is 2.28. The summed E-state index contributed by atoms with van der Waals surface area (Å²) in [4.78, 5) is 23.0. The minimum Gasteiger partial charge on any atom is -0.344 e. The van der Waals surface area contributed by atoms with E-state index in [0.29, 0.717) is 28.5 Å². The van der Waals surface area contributed by atoms with Crippen molar-refractivity contribution < 1.29 is 9.59 Å². The Kier molecular flexibility index (Phi) is 4.48. The van der Waals surface area contributed by atoms with Gasteiger partial charge in [-0.05, 0) is 24.1 Å². The van der Waals surface area contributed by atoms with Crippen LogP contribution in [0.15, 0.2) is 18.2 Å². The van der Waals surface area contributed by atoms with Crippen LogP contribution >= 0.6 is 23.2 Å². The van der Waals surface area contributed by atoms with Crippen molar-refractivity contribution in [2.45, 2.75) is 24.9 Å². The number of hydrogen-bond donors (Lipinski definition) is 2. The number of nitriles is 1. The number of carbonyl (C=O) groups is 2. The van der Waals surface area contributed by atoms with E-state index in [1.54, 1.807) is 12.1 Å². The average molecular weight is 312 g/mol. The molecule has 1 aromatic rings. The number of halogens is 2. The summed E-state index contributed by atoms with van der Waals surface area (Å²) in [6, 6.07) is 5.28. The van der Waals surface area contributed by atoms with Crippen LogP contribution in [0, 0.1) is 11.3 Å². The van der Waals surface area contributed by atoms with Gasteiger partial charge in [-0.3, -0.25) is 9.59 Å². The van der Waals surface area contributed by atoms with E-state index in [-0.39, 0.29) is 11.8 Å². The van der Waals surface area contributed by atoms with E-state index < -0.39 is 12.1 Å². The second-order valence-corrected chi connectivity index (χ2v) is 5.22. The molecule has 1 aromatic carbocycles. The molecule has 1 aliphatic heterocycles. The molecule has 1 saturated heterocycles. The van der Waals surface area contributed by atoms with E-state index in [1.807, 2.05) is 6.07 Å². The summed E-state index contributed by atoms with van der Waals surface area (Å²) in [5.74, 6) is -0.540. The van der Waals surface area contributed by atoms with Crippen LogP contribution in [-0.4, -0.2) is 17.9 Å². The van der Waals surface area contributed by atoms with E-state index in [0.717, 1.165) is 0 Å². The van der Waals surface area contributed by atoms with Crippen LogP contribution in [0.3, 0.4) is 0 Å². The molecule has 2 N–H and O–H groups in total. The fourth-order valence-corrected chi connectivity index (χ4v) is 2.24. The lowest BCUT2D eigenvalue weighted by Gasteiger charge is -2.16. The lowest BCUT2D eigenvalue weighted by Crippen LogP contribution is -2.42. The molecule has 1 heterocycles. The van der Waals surface area contributed by atoms with E-state index in [4.69, 9.17) is 28.5 Å². The minimum absolute atomic E-state index is 0.159. The Morgan fingerprint density at radius 3 is 2.75 bits per heavy atom. The number of rotatable bonds is 3. The molecule has 0 saturated carbocycles. The lowest BCUT2D eigenvalue weighted by atomic mass is 10.1. The maximum atomic E-state index is 11.9. The number of nitrogens with one attached hydrogen (secondary N) is 2. The van der Waals surface area contributed by atoms with E-state index in [2.05, 4.69) is 10.6 Å². The smallest absolute Gasteiger partial charge is 0.243 e. The third-order valence-electron chi connectivity index (χ3n) is 3.00. The Balaban J connectivity index is 2.09. The normalized spacial score (nSPS) is 19.1. The average Bonchev–Trinajstić information content (AvgIpc) is 2.86. The molecule has 2 rings (SSSR count). The van der Waals surface area contributed by atoms with Crippen LogP contribution in [0.2, 0.25) is 10.0 Å². The number of benzene rings is 1. The molecule has 0 radical (unpaired) electrons. The van der Waals surface area contributed by atoms with Gasteiger partial charge < -0.3 is 10.6 Å². The van der Waals surface area contributed by atoms with Gasteiger partial charge in [0.2, 0.25) is 11.8 Å². The molecule has 20 heavy (non-hydrogen) atoms. The second-order valence-electron chi connectivity index (χ2n) is 4.40. The van der Waals surface area contributed by atoms with Gasteiger partial charge in [0.15, 0.2) is 0 Å². The highest BCUT2D eigenvalue weighted by atomic mass is 35.5. The van der Waals surface area contributed by atoms with Gasteiger partial charge in [0, 0.05) is 6.42 Å². The molecule has 0 spiro atoms. The molecule has 5 nitrogen and oxygen atoms in total. The molecule has 2 amide bonds. The predicted octanol–water partition coefficient (Wildman–Crippen LogP) is 1.95. The molecule has 2 unspecified atom stereocenters. The van der Waals surface area contributed by atoms with Gasteiger partial charge in [0.05, 0.1) is 16.1 Å². The van der Waals surface area contributed by atoms with E-state index in [1.165, 1.54) is 6.07 Å². The summed E-state index contributed by atoms with van der Waals surface area (Å²) in [7, 11) is 0. The van der Waals surface area contributed by atoms with Crippen LogP contribution in [0.5, 0.6) is 0 Å². The summed E-state index contributed by atoms with van der Waals surface area (Å²) in [6.45, 7) is 0. The maximum Gasteiger partial charge on any atom is 0.243 e. The van der Waals surface area contributed by atoms with Gasteiger partial charge in [0.25, 0.3) is 0 Å². The third-order valence-corrected chi connectivity index (χ3v) is 3.74. The van der Waals surface area contributed by atoms with Crippen LogP contribution in [0.4, 0.5) is 0 Å². The van der Waals surface area contributed by atoms with Crippen molar-refractivity contribution in [1.29, 1.82) is 5.26 Å². The zero-order chi connectivity index (χ0) is 14.7. The standard InChI is InChI=1S/C13H11Cl2N3O2/c14-8-2-1-7(5-9(8)15)11(6-16)18-13(20)10-3-4-12(19)17-10/h1-2,5,10-11H,3-4H2,(H,17,19)(H,18,20). The summed E-state index contributed by atoms with van der Waals surface area (Å²) in [5.41, 5.74) is 0.541. The topological polar surface area (TPSA) is 82.0 Å². The quantitative estimate of drug-likeness (QED) is 0.895. The molecule has 2 atom stereocenters. The van der Waals surface area contributed by atoms with Gasteiger partial charge in [-0.2, -0.15) is 5.26 Å². The van der Waals surface area contributed by atoms with Crippen molar-refractivity contribution in [1.82, 2.24) is 10.6 Å². The SMILES string of the molecule is N#CC(NC(=O)C1CCC(=O)N1)c1ccc(Cl)c(Cl)c1. The first kappa shape index (κ1) is 14.6. The van der Waals surface area contributed by atoms with E-state index >= 15 is 0 Å². The van der Waals surface area contributed by atoms with Gasteiger partial charge in [-0.15, -0.1) is 0 Å². The van der Waals surface area contributed by atoms with Crippen molar-refractivity contribution >= 4 is 35.0 Å². The number of nitrogens with zero attached hydrogens (tertiary/aromatic N) is 1.